The van der Waals surface area contributed by atoms with Crippen molar-refractivity contribution < 1.29 is 9.53 Å². The Morgan fingerprint density at radius 3 is 2.67 bits per heavy atom. The van der Waals surface area contributed by atoms with Gasteiger partial charge in [-0.25, -0.2) is 0 Å². The summed E-state index contributed by atoms with van der Waals surface area (Å²) in [5.74, 6) is -0.0619. The van der Waals surface area contributed by atoms with Gasteiger partial charge in [-0.1, -0.05) is 0 Å². The Kier molecular flexibility index (Phi) is 5.65. The van der Waals surface area contributed by atoms with Crippen LogP contribution in [0, 0.1) is 6.92 Å². The Labute approximate surface area is 109 Å². The van der Waals surface area contributed by atoms with E-state index in [1.807, 2.05) is 46.0 Å². The summed E-state index contributed by atoms with van der Waals surface area (Å²) in [5, 5.41) is 5.91. The quantitative estimate of drug-likeness (QED) is 0.761. The fourth-order valence-corrected chi connectivity index (χ4v) is 1.65. The largest absolute Gasteiger partial charge is 0.388 e. The highest BCUT2D eigenvalue weighted by Crippen LogP contribution is 2.15. The van der Waals surface area contributed by atoms with Gasteiger partial charge in [0.25, 0.3) is 5.91 Å². The highest BCUT2D eigenvalue weighted by atomic mass is 16.5. The maximum Gasteiger partial charge on any atom is 0.251 e. The van der Waals surface area contributed by atoms with E-state index in [1.54, 1.807) is 0 Å². The molecule has 0 saturated carbocycles. The van der Waals surface area contributed by atoms with Crippen LogP contribution in [0.3, 0.4) is 0 Å². The van der Waals surface area contributed by atoms with Crippen molar-refractivity contribution in [1.29, 1.82) is 0 Å². The number of carbonyl (C=O) groups excluding carboxylic acids is 1. The van der Waals surface area contributed by atoms with Crippen molar-refractivity contribution in [1.82, 2.24) is 5.32 Å². The van der Waals surface area contributed by atoms with Gasteiger partial charge >= 0.3 is 0 Å². The highest BCUT2D eigenvalue weighted by Gasteiger charge is 2.06. The third-order valence-corrected chi connectivity index (χ3v) is 2.60. The number of ether oxygens (including phenoxy) is 1. The number of amides is 1. The lowest BCUT2D eigenvalue weighted by molar-refractivity contribution is 0.0746. The number of carbonyl (C=O) groups is 1. The molecule has 0 atom stereocenters. The molecule has 0 spiro atoms. The predicted molar refractivity (Wildman–Crippen MR) is 74.1 cm³/mol. The molecule has 0 fully saturated rings. The molecule has 18 heavy (non-hydrogen) atoms. The molecule has 0 bridgehead atoms. The molecule has 0 aromatic heterocycles. The zero-order valence-electron chi connectivity index (χ0n) is 11.5. The summed E-state index contributed by atoms with van der Waals surface area (Å²) in [6.45, 7) is 6.99. The van der Waals surface area contributed by atoms with Gasteiger partial charge in [0.2, 0.25) is 0 Å². The van der Waals surface area contributed by atoms with Gasteiger partial charge in [0.05, 0.1) is 12.7 Å². The van der Waals surface area contributed by atoms with Crippen molar-refractivity contribution in [3.8, 4) is 0 Å². The maximum absolute atomic E-state index is 11.9. The second-order valence-corrected chi connectivity index (χ2v) is 4.46. The maximum atomic E-state index is 11.9. The minimum absolute atomic E-state index is 0.0619. The van der Waals surface area contributed by atoms with Gasteiger partial charge in [-0.2, -0.15) is 0 Å². The summed E-state index contributed by atoms with van der Waals surface area (Å²) in [6.07, 6.45) is 0.194. The first kappa shape index (κ1) is 14.5. The van der Waals surface area contributed by atoms with E-state index in [2.05, 4.69) is 10.6 Å². The summed E-state index contributed by atoms with van der Waals surface area (Å²) in [4.78, 5) is 11.9. The molecule has 100 valence electrons. The summed E-state index contributed by atoms with van der Waals surface area (Å²) in [7, 11) is 1.87. The lowest BCUT2D eigenvalue weighted by atomic mass is 10.1. The molecule has 0 aliphatic rings. The Morgan fingerprint density at radius 1 is 1.39 bits per heavy atom. The smallest absolute Gasteiger partial charge is 0.251 e. The molecule has 1 amide bonds. The Bertz CT molecular complexity index is 403. The molecule has 0 heterocycles. The zero-order chi connectivity index (χ0) is 13.5. The van der Waals surface area contributed by atoms with Crippen LogP contribution < -0.4 is 10.6 Å². The van der Waals surface area contributed by atoms with Gasteiger partial charge in [0.1, 0.15) is 0 Å². The predicted octanol–water partition coefficient (Wildman–Crippen LogP) is 2.19. The summed E-state index contributed by atoms with van der Waals surface area (Å²) in [5.41, 5.74) is 2.77. The Morgan fingerprint density at radius 2 is 2.11 bits per heavy atom. The first-order valence-corrected chi connectivity index (χ1v) is 6.22. The molecule has 1 aromatic carbocycles. The first-order chi connectivity index (χ1) is 8.54. The molecular formula is C14H22N2O2. The van der Waals surface area contributed by atoms with Gasteiger partial charge in [0, 0.05) is 24.8 Å². The number of anilines is 1. The average Bonchev–Trinajstić information content (AvgIpc) is 2.34. The molecular weight excluding hydrogens is 228 g/mol. The van der Waals surface area contributed by atoms with Crippen LogP contribution in [0.2, 0.25) is 0 Å². The van der Waals surface area contributed by atoms with Gasteiger partial charge in [-0.15, -0.1) is 0 Å². The Balaban J connectivity index is 2.49. The normalized spacial score (nSPS) is 10.5. The van der Waals surface area contributed by atoms with Crippen LogP contribution in [0.15, 0.2) is 18.2 Å². The number of hydrogen-bond acceptors (Lipinski definition) is 3. The number of aryl methyl sites for hydroxylation is 1. The first-order valence-electron chi connectivity index (χ1n) is 6.22. The van der Waals surface area contributed by atoms with E-state index >= 15 is 0 Å². The van der Waals surface area contributed by atoms with Crippen molar-refractivity contribution >= 4 is 11.6 Å². The van der Waals surface area contributed by atoms with E-state index in [1.165, 1.54) is 0 Å². The number of benzene rings is 1. The third-order valence-electron chi connectivity index (χ3n) is 2.60. The summed E-state index contributed by atoms with van der Waals surface area (Å²) >= 11 is 0. The second kappa shape index (κ2) is 7.01. The van der Waals surface area contributed by atoms with E-state index in [-0.39, 0.29) is 12.0 Å². The molecule has 0 saturated heterocycles. The zero-order valence-corrected chi connectivity index (χ0v) is 11.5. The minimum atomic E-state index is -0.0619. The lowest BCUT2D eigenvalue weighted by Gasteiger charge is -2.10. The number of rotatable bonds is 6. The van der Waals surface area contributed by atoms with E-state index in [0.29, 0.717) is 18.7 Å². The van der Waals surface area contributed by atoms with E-state index in [0.717, 1.165) is 11.3 Å². The fourth-order valence-electron chi connectivity index (χ4n) is 1.65. The van der Waals surface area contributed by atoms with Crippen LogP contribution in [0.4, 0.5) is 5.69 Å². The molecule has 0 unspecified atom stereocenters. The standard InChI is InChI=1S/C14H22N2O2/c1-10(2)18-8-7-16-14(17)12-5-6-13(15-4)11(3)9-12/h5-6,9-10,15H,7-8H2,1-4H3,(H,16,17). The van der Waals surface area contributed by atoms with Gasteiger partial charge in [-0.3, -0.25) is 4.79 Å². The van der Waals surface area contributed by atoms with Crippen LogP contribution in [-0.4, -0.2) is 32.2 Å². The van der Waals surface area contributed by atoms with Crippen molar-refractivity contribution in [2.45, 2.75) is 26.9 Å². The average molecular weight is 250 g/mol. The number of hydrogen-bond donors (Lipinski definition) is 2. The van der Waals surface area contributed by atoms with Gasteiger partial charge in [0.15, 0.2) is 0 Å². The fraction of sp³-hybridized carbons (Fsp3) is 0.500. The van der Waals surface area contributed by atoms with Crippen molar-refractivity contribution in [3.05, 3.63) is 29.3 Å². The lowest BCUT2D eigenvalue weighted by Crippen LogP contribution is -2.28. The van der Waals surface area contributed by atoms with Crippen LogP contribution >= 0.6 is 0 Å². The second-order valence-electron chi connectivity index (χ2n) is 4.46. The molecule has 0 radical (unpaired) electrons. The van der Waals surface area contributed by atoms with Crippen molar-refractivity contribution in [2.24, 2.45) is 0 Å². The monoisotopic (exact) mass is 250 g/mol. The Hall–Kier alpha value is -1.55. The van der Waals surface area contributed by atoms with Gasteiger partial charge < -0.3 is 15.4 Å². The molecule has 2 N–H and O–H groups in total. The van der Waals surface area contributed by atoms with Crippen LogP contribution in [-0.2, 0) is 4.74 Å². The van der Waals surface area contributed by atoms with Crippen LogP contribution in [0.1, 0.15) is 29.8 Å². The topological polar surface area (TPSA) is 50.4 Å². The van der Waals surface area contributed by atoms with Gasteiger partial charge in [-0.05, 0) is 44.5 Å². The summed E-state index contributed by atoms with van der Waals surface area (Å²) in [6, 6.07) is 5.61. The van der Waals surface area contributed by atoms with E-state index in [9.17, 15) is 4.79 Å². The van der Waals surface area contributed by atoms with Crippen LogP contribution in [0.25, 0.3) is 0 Å². The highest BCUT2D eigenvalue weighted by molar-refractivity contribution is 5.94. The third kappa shape index (κ3) is 4.37. The van der Waals surface area contributed by atoms with E-state index in [4.69, 9.17) is 4.74 Å². The van der Waals surface area contributed by atoms with Crippen LogP contribution in [0.5, 0.6) is 0 Å². The van der Waals surface area contributed by atoms with Crippen molar-refractivity contribution in [2.75, 3.05) is 25.5 Å². The van der Waals surface area contributed by atoms with E-state index < -0.39 is 0 Å². The molecule has 1 rings (SSSR count). The SMILES string of the molecule is CNc1ccc(C(=O)NCCOC(C)C)cc1C. The number of nitrogens with one attached hydrogen (secondary N) is 2. The summed E-state index contributed by atoms with van der Waals surface area (Å²) < 4.78 is 5.36. The molecule has 4 nitrogen and oxygen atoms in total. The minimum Gasteiger partial charge on any atom is -0.388 e. The molecule has 0 aliphatic carbocycles. The molecule has 4 heteroatoms. The molecule has 1 aromatic rings. The van der Waals surface area contributed by atoms with Crippen molar-refractivity contribution in [3.63, 3.8) is 0 Å². The molecule has 0 aliphatic heterocycles.